The monoisotopic (exact) mass is 314 g/mol. The highest BCUT2D eigenvalue weighted by Gasteiger charge is 2.03. The lowest BCUT2D eigenvalue weighted by molar-refractivity contribution is 0.417. The maximum Gasteiger partial charge on any atom is 0.191 e. The molecule has 0 fully saturated rings. The highest BCUT2D eigenvalue weighted by atomic mass is 32.1. The van der Waals surface area contributed by atoms with Crippen LogP contribution in [0.1, 0.15) is 12.5 Å². The lowest BCUT2D eigenvalue weighted by Gasteiger charge is -2.11. The summed E-state index contributed by atoms with van der Waals surface area (Å²) in [5.74, 6) is 0.711. The molecule has 2 rings (SSSR count). The Bertz CT molecular complexity index is 700. The fourth-order valence-electron chi connectivity index (χ4n) is 1.86. The van der Waals surface area contributed by atoms with E-state index in [0.717, 1.165) is 17.0 Å². The molecule has 0 radical (unpaired) electrons. The van der Waals surface area contributed by atoms with E-state index in [1.54, 1.807) is 7.11 Å². The predicted molar refractivity (Wildman–Crippen MR) is 95.4 cm³/mol. The van der Waals surface area contributed by atoms with Crippen LogP contribution in [0.15, 0.2) is 53.6 Å². The number of para-hydroxylation sites is 2. The highest BCUT2D eigenvalue weighted by molar-refractivity contribution is 7.80. The molecular formula is C16H18N4OS. The maximum atomic E-state index is 5.76. The van der Waals surface area contributed by atoms with E-state index in [-0.39, 0.29) is 0 Å². The largest absolute Gasteiger partial charge is 0.495 e. The van der Waals surface area contributed by atoms with Gasteiger partial charge in [0.1, 0.15) is 5.75 Å². The summed E-state index contributed by atoms with van der Waals surface area (Å²) >= 11 is 5.23. The topological polar surface area (TPSA) is 71.7 Å². The third-order valence-corrected chi connectivity index (χ3v) is 3.18. The molecule has 0 saturated heterocycles. The quantitative estimate of drug-likeness (QED) is 0.350. The molecule has 2 aromatic rings. The molecule has 0 heterocycles. The van der Waals surface area contributed by atoms with Crippen molar-refractivity contribution >= 4 is 34.4 Å². The summed E-state index contributed by atoms with van der Waals surface area (Å²) in [6, 6.07) is 15.0. The number of hydrogen-bond donors (Lipinski definition) is 3. The molecule has 0 aliphatic rings. The zero-order chi connectivity index (χ0) is 15.9. The van der Waals surface area contributed by atoms with Crippen LogP contribution in [0.4, 0.5) is 11.4 Å². The fourth-order valence-corrected chi connectivity index (χ4v) is 2.02. The second-order valence-electron chi connectivity index (χ2n) is 4.59. The Morgan fingerprint density at radius 3 is 2.68 bits per heavy atom. The lowest BCUT2D eigenvalue weighted by Crippen LogP contribution is -2.25. The number of methoxy groups -OCH3 is 1. The molecule has 0 bridgehead atoms. The van der Waals surface area contributed by atoms with Gasteiger partial charge in [-0.05, 0) is 49.0 Å². The molecule has 2 aromatic carbocycles. The average Bonchev–Trinajstić information content (AvgIpc) is 2.53. The van der Waals surface area contributed by atoms with Crippen LogP contribution in [-0.4, -0.2) is 17.9 Å². The Balaban J connectivity index is 2.01. The van der Waals surface area contributed by atoms with Gasteiger partial charge in [0.2, 0.25) is 0 Å². The van der Waals surface area contributed by atoms with E-state index >= 15 is 0 Å². The van der Waals surface area contributed by atoms with Gasteiger partial charge in [0.15, 0.2) is 5.11 Å². The van der Waals surface area contributed by atoms with Crippen molar-refractivity contribution in [3.05, 3.63) is 54.1 Å². The molecule has 22 heavy (non-hydrogen) atoms. The molecule has 0 aliphatic carbocycles. The van der Waals surface area contributed by atoms with Gasteiger partial charge in [-0.25, -0.2) is 0 Å². The highest BCUT2D eigenvalue weighted by Crippen LogP contribution is 2.22. The van der Waals surface area contributed by atoms with E-state index in [1.165, 1.54) is 0 Å². The number of benzene rings is 2. The summed E-state index contributed by atoms with van der Waals surface area (Å²) in [5.41, 5.74) is 11.8. The number of nitrogen functional groups attached to an aromatic ring is 1. The molecule has 0 aliphatic heterocycles. The number of thiocarbonyl (C=S) groups is 1. The minimum atomic E-state index is 0.382. The standard InChI is InChI=1S/C16H18N4OS/c1-11(12-6-5-7-13(17)10-12)19-20-16(22)18-14-8-3-4-9-15(14)21-2/h3-10H,17H2,1-2H3,(H2,18,20,22)/b19-11+. The van der Waals surface area contributed by atoms with Gasteiger partial charge in [-0.1, -0.05) is 24.3 Å². The molecule has 4 N–H and O–H groups in total. The Morgan fingerprint density at radius 1 is 1.18 bits per heavy atom. The smallest absolute Gasteiger partial charge is 0.191 e. The molecular weight excluding hydrogens is 296 g/mol. The zero-order valence-corrected chi connectivity index (χ0v) is 13.3. The van der Waals surface area contributed by atoms with Crippen LogP contribution < -0.4 is 21.2 Å². The normalized spacial score (nSPS) is 10.9. The van der Waals surface area contributed by atoms with E-state index in [1.807, 2.05) is 55.5 Å². The summed E-state index contributed by atoms with van der Waals surface area (Å²) in [7, 11) is 1.61. The first-order chi connectivity index (χ1) is 10.6. The minimum Gasteiger partial charge on any atom is -0.495 e. The van der Waals surface area contributed by atoms with Crippen LogP contribution in [0, 0.1) is 0 Å². The number of ether oxygens (including phenoxy) is 1. The van der Waals surface area contributed by atoms with Crippen molar-refractivity contribution in [2.75, 3.05) is 18.2 Å². The van der Waals surface area contributed by atoms with Gasteiger partial charge in [-0.2, -0.15) is 5.10 Å². The summed E-state index contributed by atoms with van der Waals surface area (Å²) in [5, 5.41) is 7.68. The first-order valence-electron chi connectivity index (χ1n) is 6.70. The van der Waals surface area contributed by atoms with Crippen LogP contribution in [0.3, 0.4) is 0 Å². The molecule has 0 aromatic heterocycles. The predicted octanol–water partition coefficient (Wildman–Crippen LogP) is 2.99. The van der Waals surface area contributed by atoms with Crippen LogP contribution in [0.2, 0.25) is 0 Å². The van der Waals surface area contributed by atoms with E-state index in [2.05, 4.69) is 15.8 Å². The Morgan fingerprint density at radius 2 is 1.95 bits per heavy atom. The first-order valence-corrected chi connectivity index (χ1v) is 7.11. The maximum absolute atomic E-state index is 5.76. The average molecular weight is 314 g/mol. The van der Waals surface area contributed by atoms with E-state index in [4.69, 9.17) is 22.7 Å². The van der Waals surface area contributed by atoms with Gasteiger partial charge in [0.25, 0.3) is 0 Å². The van der Waals surface area contributed by atoms with Crippen molar-refractivity contribution in [2.24, 2.45) is 5.10 Å². The Labute approximate surface area is 135 Å². The van der Waals surface area contributed by atoms with Crippen LogP contribution in [0.25, 0.3) is 0 Å². The molecule has 0 unspecified atom stereocenters. The molecule has 0 saturated carbocycles. The molecule has 0 atom stereocenters. The summed E-state index contributed by atoms with van der Waals surface area (Å²) in [6.07, 6.45) is 0. The number of rotatable bonds is 4. The molecule has 6 heteroatoms. The third kappa shape index (κ3) is 4.20. The van der Waals surface area contributed by atoms with Gasteiger partial charge < -0.3 is 15.8 Å². The number of nitrogens with zero attached hydrogens (tertiary/aromatic N) is 1. The Hall–Kier alpha value is -2.60. The van der Waals surface area contributed by atoms with Crippen LogP contribution in [0.5, 0.6) is 5.75 Å². The van der Waals surface area contributed by atoms with Crippen molar-refractivity contribution in [3.8, 4) is 5.75 Å². The Kier molecular flexibility index (Phi) is 5.32. The van der Waals surface area contributed by atoms with Gasteiger partial charge in [-0.3, -0.25) is 5.43 Å². The SMILES string of the molecule is COc1ccccc1NC(=S)N/N=C(\C)c1cccc(N)c1. The van der Waals surface area contributed by atoms with Gasteiger partial charge >= 0.3 is 0 Å². The summed E-state index contributed by atoms with van der Waals surface area (Å²) in [4.78, 5) is 0. The van der Waals surface area contributed by atoms with Crippen LogP contribution >= 0.6 is 12.2 Å². The molecule has 114 valence electrons. The third-order valence-electron chi connectivity index (χ3n) is 2.98. The van der Waals surface area contributed by atoms with Crippen molar-refractivity contribution in [1.29, 1.82) is 0 Å². The lowest BCUT2D eigenvalue weighted by atomic mass is 10.1. The molecule has 5 nitrogen and oxygen atoms in total. The van der Waals surface area contributed by atoms with Crippen molar-refractivity contribution in [3.63, 3.8) is 0 Å². The first kappa shape index (κ1) is 15.8. The second kappa shape index (κ2) is 7.42. The van der Waals surface area contributed by atoms with E-state index in [0.29, 0.717) is 16.5 Å². The molecule has 0 amide bonds. The van der Waals surface area contributed by atoms with Gasteiger partial charge in [0.05, 0.1) is 18.5 Å². The van der Waals surface area contributed by atoms with Crippen molar-refractivity contribution < 1.29 is 4.74 Å². The summed E-state index contributed by atoms with van der Waals surface area (Å²) < 4.78 is 5.25. The van der Waals surface area contributed by atoms with E-state index < -0.39 is 0 Å². The van der Waals surface area contributed by atoms with E-state index in [9.17, 15) is 0 Å². The number of nitrogens with two attached hydrogens (primary N) is 1. The van der Waals surface area contributed by atoms with Gasteiger partial charge in [0, 0.05) is 5.69 Å². The number of anilines is 2. The minimum absolute atomic E-state index is 0.382. The summed E-state index contributed by atoms with van der Waals surface area (Å²) in [6.45, 7) is 1.88. The van der Waals surface area contributed by atoms with Crippen molar-refractivity contribution in [2.45, 2.75) is 6.92 Å². The van der Waals surface area contributed by atoms with Crippen LogP contribution in [-0.2, 0) is 0 Å². The molecule has 0 spiro atoms. The second-order valence-corrected chi connectivity index (χ2v) is 5.00. The zero-order valence-electron chi connectivity index (χ0n) is 12.5. The van der Waals surface area contributed by atoms with Crippen molar-refractivity contribution in [1.82, 2.24) is 5.43 Å². The number of nitrogens with one attached hydrogen (secondary N) is 2. The number of hydrogen-bond acceptors (Lipinski definition) is 4. The van der Waals surface area contributed by atoms with Gasteiger partial charge in [-0.15, -0.1) is 0 Å². The fraction of sp³-hybridized carbons (Fsp3) is 0.125. The number of hydrazone groups is 1.